The number of ether oxygens (including phenoxy) is 1. The van der Waals surface area contributed by atoms with Gasteiger partial charge in [-0.05, 0) is 19.4 Å². The standard InChI is InChI=1S/C29H31N5O7/c1-2-40-29(39)41-34-17-15-33(16-18-34)28(38)22(13-14-25(35)36)32-27(37)24-19-23(20-9-5-3-6-10-20)30-26(31-24)21-11-7-4-8-12-21/h3-12,19,22H,2,13-18H2,1H3,(H,32,37)(H,35,36)/t22-/m0/s1. The third-order valence-corrected chi connectivity index (χ3v) is 6.33. The molecule has 0 aliphatic carbocycles. The molecule has 214 valence electrons. The van der Waals surface area contributed by atoms with Crippen LogP contribution in [0.5, 0.6) is 0 Å². The summed E-state index contributed by atoms with van der Waals surface area (Å²) in [5.74, 6) is -1.82. The molecule has 1 atom stereocenters. The number of hydrogen-bond acceptors (Lipinski definition) is 9. The van der Waals surface area contributed by atoms with Crippen LogP contribution in [-0.4, -0.2) is 87.8 Å². The summed E-state index contributed by atoms with van der Waals surface area (Å²) < 4.78 is 4.77. The highest BCUT2D eigenvalue weighted by Crippen LogP contribution is 2.22. The molecule has 4 rings (SSSR count). The average Bonchev–Trinajstić information content (AvgIpc) is 3.00. The van der Waals surface area contributed by atoms with Gasteiger partial charge in [0.05, 0.1) is 25.4 Å². The molecule has 1 aromatic heterocycles. The monoisotopic (exact) mass is 561 g/mol. The lowest BCUT2D eigenvalue weighted by molar-refractivity contribution is -0.157. The van der Waals surface area contributed by atoms with Crippen molar-refractivity contribution in [3.63, 3.8) is 0 Å². The SMILES string of the molecule is CCOC(=O)ON1CCN(C(=O)[C@H](CCC(=O)O)NC(=O)c2cc(-c3ccccc3)nc(-c3ccccc3)n2)CC1. The highest BCUT2D eigenvalue weighted by molar-refractivity contribution is 5.97. The van der Waals surface area contributed by atoms with Crippen LogP contribution in [0.2, 0.25) is 0 Å². The Morgan fingerprint density at radius 2 is 1.56 bits per heavy atom. The first-order valence-corrected chi connectivity index (χ1v) is 13.2. The van der Waals surface area contributed by atoms with Crippen molar-refractivity contribution in [1.82, 2.24) is 25.2 Å². The van der Waals surface area contributed by atoms with Gasteiger partial charge in [-0.1, -0.05) is 60.7 Å². The summed E-state index contributed by atoms with van der Waals surface area (Å²) in [6, 6.07) is 19.0. The van der Waals surface area contributed by atoms with Crippen LogP contribution in [-0.2, 0) is 19.2 Å². The summed E-state index contributed by atoms with van der Waals surface area (Å²) in [4.78, 5) is 65.5. The maximum Gasteiger partial charge on any atom is 0.527 e. The number of hydrogen-bond donors (Lipinski definition) is 2. The molecule has 3 aromatic rings. The second-order valence-corrected chi connectivity index (χ2v) is 9.18. The Morgan fingerprint density at radius 1 is 0.927 bits per heavy atom. The van der Waals surface area contributed by atoms with Crippen LogP contribution in [0.3, 0.4) is 0 Å². The number of amides is 2. The van der Waals surface area contributed by atoms with Crippen LogP contribution in [0.1, 0.15) is 30.3 Å². The Balaban J connectivity index is 1.54. The Morgan fingerprint density at radius 3 is 2.17 bits per heavy atom. The molecule has 0 radical (unpaired) electrons. The number of carboxylic acids is 1. The van der Waals surface area contributed by atoms with E-state index in [2.05, 4.69) is 15.3 Å². The summed E-state index contributed by atoms with van der Waals surface area (Å²) in [5, 5.41) is 13.4. The highest BCUT2D eigenvalue weighted by Gasteiger charge is 2.31. The maximum atomic E-state index is 13.5. The zero-order chi connectivity index (χ0) is 29.2. The van der Waals surface area contributed by atoms with Gasteiger partial charge in [-0.25, -0.2) is 14.8 Å². The van der Waals surface area contributed by atoms with Gasteiger partial charge >= 0.3 is 12.1 Å². The summed E-state index contributed by atoms with van der Waals surface area (Å²) >= 11 is 0. The number of aliphatic carboxylic acids is 1. The Kier molecular flexibility index (Phi) is 9.94. The summed E-state index contributed by atoms with van der Waals surface area (Å²) in [5.41, 5.74) is 2.05. The van der Waals surface area contributed by atoms with E-state index in [0.717, 1.165) is 5.56 Å². The molecule has 1 aliphatic rings. The maximum absolute atomic E-state index is 13.5. The molecule has 2 heterocycles. The molecule has 41 heavy (non-hydrogen) atoms. The first kappa shape index (κ1) is 29.2. The van der Waals surface area contributed by atoms with E-state index in [9.17, 15) is 24.3 Å². The smallest absolute Gasteiger partial charge is 0.481 e. The van der Waals surface area contributed by atoms with Gasteiger partial charge in [0.2, 0.25) is 5.91 Å². The molecule has 1 fully saturated rings. The Labute approximate surface area is 236 Å². The van der Waals surface area contributed by atoms with Crippen molar-refractivity contribution >= 4 is 23.9 Å². The molecule has 2 aromatic carbocycles. The van der Waals surface area contributed by atoms with Crippen LogP contribution in [0.25, 0.3) is 22.6 Å². The predicted molar refractivity (Wildman–Crippen MR) is 147 cm³/mol. The third kappa shape index (κ3) is 8.08. The molecule has 0 spiro atoms. The van der Waals surface area contributed by atoms with Crippen LogP contribution < -0.4 is 5.32 Å². The zero-order valence-corrected chi connectivity index (χ0v) is 22.6. The van der Waals surface area contributed by atoms with Gasteiger partial charge in [0.1, 0.15) is 11.7 Å². The molecule has 12 nitrogen and oxygen atoms in total. The Bertz CT molecular complexity index is 1300. The lowest BCUT2D eigenvalue weighted by Gasteiger charge is -2.35. The second kappa shape index (κ2) is 14.0. The number of carbonyl (C=O) groups excluding carboxylic acids is 3. The van der Waals surface area contributed by atoms with Gasteiger partial charge in [0.25, 0.3) is 5.91 Å². The molecule has 0 unspecified atom stereocenters. The quantitative estimate of drug-likeness (QED) is 0.354. The van der Waals surface area contributed by atoms with Crippen molar-refractivity contribution in [2.75, 3.05) is 32.8 Å². The number of nitrogens with one attached hydrogen (secondary N) is 1. The molecule has 1 aliphatic heterocycles. The molecule has 0 saturated carbocycles. The fourth-order valence-electron chi connectivity index (χ4n) is 4.26. The van der Waals surface area contributed by atoms with Crippen molar-refractivity contribution in [2.45, 2.75) is 25.8 Å². The van der Waals surface area contributed by atoms with Gasteiger partial charge < -0.3 is 24.9 Å². The highest BCUT2D eigenvalue weighted by atomic mass is 16.8. The zero-order valence-electron chi connectivity index (χ0n) is 22.6. The van der Waals surface area contributed by atoms with Crippen LogP contribution >= 0.6 is 0 Å². The van der Waals surface area contributed by atoms with Crippen molar-refractivity contribution in [2.24, 2.45) is 0 Å². The number of nitrogens with zero attached hydrogens (tertiary/aromatic N) is 4. The van der Waals surface area contributed by atoms with Crippen molar-refractivity contribution in [3.8, 4) is 22.6 Å². The van der Waals surface area contributed by atoms with Gasteiger partial charge in [0.15, 0.2) is 5.82 Å². The van der Waals surface area contributed by atoms with E-state index in [1.807, 2.05) is 60.7 Å². The number of piperazine rings is 1. The average molecular weight is 562 g/mol. The number of aromatic nitrogens is 2. The van der Waals surface area contributed by atoms with E-state index in [4.69, 9.17) is 9.57 Å². The fourth-order valence-corrected chi connectivity index (χ4v) is 4.26. The summed E-state index contributed by atoms with van der Waals surface area (Å²) in [6.45, 7) is 2.72. The summed E-state index contributed by atoms with van der Waals surface area (Å²) in [6.07, 6.45) is -1.26. The van der Waals surface area contributed by atoms with Crippen molar-refractivity contribution in [3.05, 3.63) is 72.4 Å². The van der Waals surface area contributed by atoms with Crippen LogP contribution in [0.4, 0.5) is 4.79 Å². The van der Waals surface area contributed by atoms with E-state index in [1.54, 1.807) is 13.0 Å². The number of carboxylic acid groups (broad SMARTS) is 1. The predicted octanol–water partition coefficient (Wildman–Crippen LogP) is 3.01. The number of hydroxylamine groups is 2. The molecule has 2 N–H and O–H groups in total. The number of carbonyl (C=O) groups is 4. The van der Waals surface area contributed by atoms with Crippen LogP contribution in [0, 0.1) is 0 Å². The van der Waals surface area contributed by atoms with E-state index in [0.29, 0.717) is 17.1 Å². The topological polar surface area (TPSA) is 151 Å². The fraction of sp³-hybridized carbons (Fsp3) is 0.310. The second-order valence-electron chi connectivity index (χ2n) is 9.18. The van der Waals surface area contributed by atoms with E-state index in [-0.39, 0.29) is 51.3 Å². The molecule has 12 heteroatoms. The largest absolute Gasteiger partial charge is 0.527 e. The Hall–Kier alpha value is -4.84. The molecule has 0 bridgehead atoms. The first-order chi connectivity index (χ1) is 19.8. The van der Waals surface area contributed by atoms with Gasteiger partial charge in [-0.15, -0.1) is 5.06 Å². The van der Waals surface area contributed by atoms with Gasteiger partial charge in [-0.2, -0.15) is 0 Å². The molecule has 1 saturated heterocycles. The number of rotatable bonds is 10. The van der Waals surface area contributed by atoms with Gasteiger partial charge in [0, 0.05) is 30.6 Å². The lowest BCUT2D eigenvalue weighted by Crippen LogP contribution is -2.55. The molecule has 2 amide bonds. The number of benzene rings is 2. The molecular weight excluding hydrogens is 530 g/mol. The minimum absolute atomic E-state index is 0.0403. The van der Waals surface area contributed by atoms with Crippen molar-refractivity contribution < 1.29 is 33.9 Å². The summed E-state index contributed by atoms with van der Waals surface area (Å²) in [7, 11) is 0. The minimum Gasteiger partial charge on any atom is -0.481 e. The third-order valence-electron chi connectivity index (χ3n) is 6.33. The van der Waals surface area contributed by atoms with Crippen molar-refractivity contribution in [1.29, 1.82) is 0 Å². The first-order valence-electron chi connectivity index (χ1n) is 13.2. The molecular formula is C29H31N5O7. The van der Waals surface area contributed by atoms with E-state index >= 15 is 0 Å². The lowest BCUT2D eigenvalue weighted by atomic mass is 10.1. The minimum atomic E-state index is -1.11. The van der Waals surface area contributed by atoms with Gasteiger partial charge in [-0.3, -0.25) is 14.4 Å². The van der Waals surface area contributed by atoms with Crippen LogP contribution in [0.15, 0.2) is 66.7 Å². The normalized spacial score (nSPS) is 14.1. The van der Waals surface area contributed by atoms with E-state index in [1.165, 1.54) is 9.96 Å². The van der Waals surface area contributed by atoms with E-state index < -0.39 is 30.0 Å².